The molecule has 0 fully saturated rings. The molecule has 0 aliphatic rings. The van der Waals surface area contributed by atoms with Gasteiger partial charge in [-0.25, -0.2) is 0 Å². The number of anilines is 2. The van der Waals surface area contributed by atoms with Gasteiger partial charge >= 0.3 is 0 Å². The average Bonchev–Trinajstić information content (AvgIpc) is 3.22. The van der Waals surface area contributed by atoms with E-state index in [2.05, 4.69) is 31.9 Å². The van der Waals surface area contributed by atoms with Crippen LogP contribution < -0.4 is 31.9 Å². The minimum Gasteiger partial charge on any atom is -0.394 e. The van der Waals surface area contributed by atoms with Crippen molar-refractivity contribution < 1.29 is 79.5 Å². The summed E-state index contributed by atoms with van der Waals surface area (Å²) in [6.45, 7) is -5.26. The Morgan fingerprint density at radius 2 is 0.902 bits per heavy atom. The van der Waals surface area contributed by atoms with Crippen molar-refractivity contribution >= 4 is 182 Å². The molecule has 22 nitrogen and oxygen atoms in total. The van der Waals surface area contributed by atoms with E-state index in [1.807, 2.05) is 0 Å². The van der Waals surface area contributed by atoms with Crippen LogP contribution in [0.4, 0.5) is 11.4 Å². The summed E-state index contributed by atoms with van der Waals surface area (Å²) < 4.78 is 3.71. The average molecular weight is 1540 g/mol. The number of halogens is 6. The van der Waals surface area contributed by atoms with Crippen molar-refractivity contribution in [1.82, 2.24) is 21.3 Å². The highest BCUT2D eigenvalue weighted by Gasteiger charge is 2.34. The predicted octanol–water partition coefficient (Wildman–Crippen LogP) is -2.24. The Morgan fingerprint density at radius 1 is 0.541 bits per heavy atom. The van der Waals surface area contributed by atoms with E-state index in [0.29, 0.717) is 0 Å². The molecular formula is C33H40I6N6O16. The zero-order valence-electron chi connectivity index (χ0n) is 31.2. The fraction of sp³-hybridized carbons (Fsp3) is 0.455. The van der Waals surface area contributed by atoms with E-state index in [0.717, 1.165) is 6.07 Å². The highest BCUT2D eigenvalue weighted by molar-refractivity contribution is 14.1. The smallest absolute Gasteiger partial charge is 0.257 e. The van der Waals surface area contributed by atoms with Crippen LogP contribution in [0.25, 0.3) is 0 Å². The van der Waals surface area contributed by atoms with Crippen molar-refractivity contribution in [2.75, 3.05) is 64.0 Å². The van der Waals surface area contributed by atoms with Gasteiger partial charge < -0.3 is 82.6 Å². The Labute approximate surface area is 428 Å². The largest absolute Gasteiger partial charge is 0.394 e. The van der Waals surface area contributed by atoms with E-state index in [1.165, 1.54) is 7.11 Å². The summed E-state index contributed by atoms with van der Waals surface area (Å²) in [7, 11) is 1.27. The lowest BCUT2D eigenvalue weighted by atomic mass is 10.1. The Hall–Kier alpha value is -0.760. The first kappa shape index (κ1) is 56.4. The summed E-state index contributed by atoms with van der Waals surface area (Å²) >= 11 is 10.1. The molecule has 340 valence electrons. The topological polar surface area (TPSA) is 366 Å². The second-order valence-electron chi connectivity index (χ2n) is 12.4. The standard InChI is InChI=1S/C33H40I6N6O16/c1-61-9-18(55)43-26-21(34)10(29(56)40-12(3-46)15(52)6-49)2-11(22(26)35)30(57)45-28(39)33(60)44-27-24(37)19(31(58)41-13(4-47)16(53)7-50)23(36)20(25(27)38)32(59)42-14(5-48)17(54)8-51/h2,12-17,28,46-54H,3-9H2,1H3,(H,40,56)(H,41,58)(H,42,59)(H,43,55)(H,44,60)(H,45,57). The number of aliphatic hydroxyl groups is 9. The third-order valence-electron chi connectivity index (χ3n) is 8.23. The van der Waals surface area contributed by atoms with Crippen LogP contribution in [0.5, 0.6) is 0 Å². The summed E-state index contributed by atoms with van der Waals surface area (Å²) in [6.07, 6.45) is -4.75. The molecule has 0 saturated carbocycles. The summed E-state index contributed by atoms with van der Waals surface area (Å²) in [4.78, 5) is 81.2. The van der Waals surface area contributed by atoms with Crippen LogP contribution in [-0.4, -0.2) is 175 Å². The van der Waals surface area contributed by atoms with Crippen molar-refractivity contribution in [3.8, 4) is 0 Å². The number of nitrogens with one attached hydrogen (secondary N) is 6. The molecule has 0 aliphatic heterocycles. The molecule has 2 aromatic rings. The molecule has 0 bridgehead atoms. The SMILES string of the molecule is COCC(=O)Nc1c(I)c(C(=O)NC(I)C(=O)Nc2c(I)c(C(=O)NC(CO)C(O)CO)c(I)c(C(=O)NC(CO)C(O)CO)c2I)cc(C(=O)NC(CO)C(O)CO)c1I. The second kappa shape index (κ2) is 27.0. The van der Waals surface area contributed by atoms with Gasteiger partial charge in [0.05, 0.1) is 124 Å². The van der Waals surface area contributed by atoms with Gasteiger partial charge in [0.2, 0.25) is 5.91 Å². The molecule has 7 atom stereocenters. The Morgan fingerprint density at radius 3 is 1.26 bits per heavy atom. The molecule has 6 amide bonds. The summed E-state index contributed by atoms with van der Waals surface area (Å²) in [5.41, 5.74) is -1.07. The molecule has 0 saturated heterocycles. The van der Waals surface area contributed by atoms with Crippen molar-refractivity contribution in [1.29, 1.82) is 0 Å². The fourth-order valence-corrected chi connectivity index (χ4v) is 11.9. The van der Waals surface area contributed by atoms with Crippen molar-refractivity contribution in [3.05, 3.63) is 46.2 Å². The van der Waals surface area contributed by atoms with Gasteiger partial charge in [0.1, 0.15) is 6.61 Å². The normalized spacial score (nSPS) is 14.7. The lowest BCUT2D eigenvalue weighted by Gasteiger charge is -2.25. The number of carbonyl (C=O) groups excluding carboxylic acids is 6. The fourth-order valence-electron chi connectivity index (χ4n) is 4.90. The number of amides is 6. The number of hydrogen-bond donors (Lipinski definition) is 15. The Balaban J connectivity index is 2.69. The maximum Gasteiger partial charge on any atom is 0.257 e. The van der Waals surface area contributed by atoms with Crippen LogP contribution in [0.3, 0.4) is 0 Å². The zero-order chi connectivity index (χ0) is 46.5. The highest BCUT2D eigenvalue weighted by Crippen LogP contribution is 2.37. The van der Waals surface area contributed by atoms with E-state index in [-0.39, 0.29) is 51.5 Å². The maximum atomic E-state index is 13.9. The molecule has 2 rings (SSSR count). The van der Waals surface area contributed by atoms with Gasteiger partial charge in [0.15, 0.2) is 4.05 Å². The van der Waals surface area contributed by atoms with Crippen LogP contribution in [-0.2, 0) is 14.3 Å². The quantitative estimate of drug-likeness (QED) is 0.0337. The van der Waals surface area contributed by atoms with E-state index in [1.54, 1.807) is 136 Å². The number of aliphatic hydroxyl groups excluding tert-OH is 9. The van der Waals surface area contributed by atoms with Gasteiger partial charge in [0, 0.05) is 10.7 Å². The van der Waals surface area contributed by atoms with Gasteiger partial charge in [-0.1, -0.05) is 0 Å². The van der Waals surface area contributed by atoms with E-state index < -0.39 is 122 Å². The maximum absolute atomic E-state index is 13.9. The van der Waals surface area contributed by atoms with Gasteiger partial charge in [-0.2, -0.15) is 0 Å². The van der Waals surface area contributed by atoms with Crippen LogP contribution >= 0.6 is 136 Å². The zero-order valence-corrected chi connectivity index (χ0v) is 44.2. The van der Waals surface area contributed by atoms with E-state index in [4.69, 9.17) is 4.74 Å². The minimum atomic E-state index is -1.60. The lowest BCUT2D eigenvalue weighted by molar-refractivity contribution is -0.119. The number of rotatable bonds is 22. The monoisotopic (exact) mass is 1540 g/mol. The number of benzene rings is 2. The molecule has 2 aromatic carbocycles. The van der Waals surface area contributed by atoms with Crippen molar-refractivity contribution in [2.24, 2.45) is 0 Å². The molecule has 7 unspecified atom stereocenters. The number of alkyl halides is 1. The van der Waals surface area contributed by atoms with Crippen LogP contribution in [0.1, 0.15) is 41.4 Å². The third kappa shape index (κ3) is 14.9. The molecule has 61 heavy (non-hydrogen) atoms. The summed E-state index contributed by atoms with van der Waals surface area (Å²) in [5, 5.41) is 102. The van der Waals surface area contributed by atoms with Crippen molar-refractivity contribution in [3.63, 3.8) is 0 Å². The first-order valence-electron chi connectivity index (χ1n) is 17.1. The Bertz CT molecular complexity index is 1890. The van der Waals surface area contributed by atoms with Gasteiger partial charge in [-0.05, 0) is 142 Å². The molecule has 15 N–H and O–H groups in total. The first-order chi connectivity index (χ1) is 28.7. The molecule has 0 aliphatic carbocycles. The summed E-state index contributed by atoms with van der Waals surface area (Å²) in [5.74, 6) is -5.37. The van der Waals surface area contributed by atoms with E-state index in [9.17, 15) is 74.7 Å². The number of hydrogen-bond acceptors (Lipinski definition) is 16. The Kier molecular flexibility index (Phi) is 25.0. The van der Waals surface area contributed by atoms with Gasteiger partial charge in [0.25, 0.3) is 29.5 Å². The van der Waals surface area contributed by atoms with E-state index >= 15 is 0 Å². The molecule has 0 spiro atoms. The number of carbonyl (C=O) groups is 6. The molecular weight excluding hydrogens is 1500 g/mol. The minimum absolute atomic E-state index is 0.00302. The van der Waals surface area contributed by atoms with Crippen LogP contribution in [0.2, 0.25) is 0 Å². The molecule has 0 radical (unpaired) electrons. The molecule has 28 heteroatoms. The van der Waals surface area contributed by atoms with Crippen LogP contribution in [0, 0.1) is 17.9 Å². The van der Waals surface area contributed by atoms with Crippen molar-refractivity contribution in [2.45, 2.75) is 40.5 Å². The van der Waals surface area contributed by atoms with Crippen LogP contribution in [0.15, 0.2) is 6.07 Å². The highest BCUT2D eigenvalue weighted by atomic mass is 127. The van der Waals surface area contributed by atoms with Gasteiger partial charge in [-0.3, -0.25) is 28.8 Å². The number of ether oxygens (including phenoxy) is 1. The van der Waals surface area contributed by atoms with Gasteiger partial charge in [-0.15, -0.1) is 0 Å². The molecule has 0 heterocycles. The first-order valence-corrected chi connectivity index (χ1v) is 23.7. The molecule has 0 aromatic heterocycles. The summed E-state index contributed by atoms with van der Waals surface area (Å²) in [6, 6.07) is -2.93. The third-order valence-corrected chi connectivity index (χ3v) is 14.6. The lowest BCUT2D eigenvalue weighted by Crippen LogP contribution is -2.48. The number of methoxy groups -OCH3 is 1. The second-order valence-corrected chi connectivity index (χ2v) is 19.0. The predicted molar refractivity (Wildman–Crippen MR) is 265 cm³/mol.